The molecule has 1 aromatic rings. The SMILES string of the molecule is C=CCNc1c(CC)cccc1CC. The average Bonchev–Trinajstić information content (AvgIpc) is 2.25. The smallest absolute Gasteiger partial charge is 0.0407 e. The minimum atomic E-state index is 0.837. The van der Waals surface area contributed by atoms with Crippen LogP contribution < -0.4 is 5.32 Å². The lowest BCUT2D eigenvalue weighted by molar-refractivity contribution is 1.08. The van der Waals surface area contributed by atoms with Crippen molar-refractivity contribution in [3.8, 4) is 0 Å². The molecule has 0 amide bonds. The van der Waals surface area contributed by atoms with Gasteiger partial charge in [0.05, 0.1) is 0 Å². The summed E-state index contributed by atoms with van der Waals surface area (Å²) in [5, 5.41) is 3.42. The largest absolute Gasteiger partial charge is 0.381 e. The Hall–Kier alpha value is -1.24. The van der Waals surface area contributed by atoms with Crippen LogP contribution in [0, 0.1) is 0 Å². The highest BCUT2D eigenvalue weighted by Crippen LogP contribution is 2.22. The predicted molar refractivity (Wildman–Crippen MR) is 63.9 cm³/mol. The van der Waals surface area contributed by atoms with Gasteiger partial charge in [0, 0.05) is 12.2 Å². The van der Waals surface area contributed by atoms with E-state index in [1.807, 2.05) is 6.08 Å². The van der Waals surface area contributed by atoms with Gasteiger partial charge in [-0.25, -0.2) is 0 Å². The molecule has 0 radical (unpaired) electrons. The van der Waals surface area contributed by atoms with Crippen molar-refractivity contribution >= 4 is 5.69 Å². The normalized spacial score (nSPS) is 9.86. The minimum absolute atomic E-state index is 0.837. The Morgan fingerprint density at radius 1 is 1.21 bits per heavy atom. The number of hydrogen-bond donors (Lipinski definition) is 1. The van der Waals surface area contributed by atoms with Crippen LogP contribution in [0.5, 0.6) is 0 Å². The van der Waals surface area contributed by atoms with Crippen molar-refractivity contribution in [2.45, 2.75) is 26.7 Å². The quantitative estimate of drug-likeness (QED) is 0.700. The topological polar surface area (TPSA) is 12.0 Å². The predicted octanol–water partition coefficient (Wildman–Crippen LogP) is 3.41. The first-order valence-electron chi connectivity index (χ1n) is 5.29. The van der Waals surface area contributed by atoms with Crippen LogP contribution in [0.15, 0.2) is 30.9 Å². The zero-order chi connectivity index (χ0) is 10.4. The lowest BCUT2D eigenvalue weighted by atomic mass is 10.0. The van der Waals surface area contributed by atoms with Gasteiger partial charge in [-0.1, -0.05) is 38.1 Å². The van der Waals surface area contributed by atoms with Crippen molar-refractivity contribution in [2.75, 3.05) is 11.9 Å². The fourth-order valence-electron chi connectivity index (χ4n) is 1.64. The first-order valence-corrected chi connectivity index (χ1v) is 5.29. The van der Waals surface area contributed by atoms with Crippen LogP contribution in [0.1, 0.15) is 25.0 Å². The number of anilines is 1. The van der Waals surface area contributed by atoms with Crippen LogP contribution in [0.4, 0.5) is 5.69 Å². The Balaban J connectivity index is 2.99. The molecule has 0 fully saturated rings. The van der Waals surface area contributed by atoms with Crippen molar-refractivity contribution in [1.29, 1.82) is 0 Å². The van der Waals surface area contributed by atoms with Crippen LogP contribution >= 0.6 is 0 Å². The molecular formula is C13H19N. The summed E-state index contributed by atoms with van der Waals surface area (Å²) in [5.74, 6) is 0. The molecule has 1 rings (SSSR count). The molecule has 0 unspecified atom stereocenters. The molecule has 0 aliphatic carbocycles. The van der Waals surface area contributed by atoms with Crippen molar-refractivity contribution < 1.29 is 0 Å². The first-order chi connectivity index (χ1) is 6.83. The van der Waals surface area contributed by atoms with Gasteiger partial charge in [0.1, 0.15) is 0 Å². The van der Waals surface area contributed by atoms with Crippen LogP contribution in [-0.2, 0) is 12.8 Å². The zero-order valence-electron chi connectivity index (χ0n) is 9.14. The van der Waals surface area contributed by atoms with Gasteiger partial charge >= 0.3 is 0 Å². The summed E-state index contributed by atoms with van der Waals surface area (Å²) < 4.78 is 0. The van der Waals surface area contributed by atoms with Crippen molar-refractivity contribution in [1.82, 2.24) is 0 Å². The molecule has 1 nitrogen and oxygen atoms in total. The van der Waals surface area contributed by atoms with E-state index in [0.29, 0.717) is 0 Å². The molecule has 0 saturated carbocycles. The molecule has 0 bridgehead atoms. The second-order valence-electron chi connectivity index (χ2n) is 3.33. The monoisotopic (exact) mass is 189 g/mol. The molecule has 76 valence electrons. The van der Waals surface area contributed by atoms with Crippen molar-refractivity contribution in [3.63, 3.8) is 0 Å². The third-order valence-corrected chi connectivity index (χ3v) is 2.42. The molecule has 14 heavy (non-hydrogen) atoms. The second-order valence-corrected chi connectivity index (χ2v) is 3.33. The first kappa shape index (κ1) is 10.8. The Morgan fingerprint density at radius 3 is 2.21 bits per heavy atom. The highest BCUT2D eigenvalue weighted by atomic mass is 14.9. The van der Waals surface area contributed by atoms with E-state index in [-0.39, 0.29) is 0 Å². The molecule has 0 aliphatic heterocycles. The van der Waals surface area contributed by atoms with Gasteiger partial charge < -0.3 is 5.32 Å². The summed E-state index contributed by atoms with van der Waals surface area (Å²) in [4.78, 5) is 0. The average molecular weight is 189 g/mol. The van der Waals surface area contributed by atoms with Gasteiger partial charge in [-0.3, -0.25) is 0 Å². The molecule has 0 saturated heterocycles. The van der Waals surface area contributed by atoms with Gasteiger partial charge in [-0.05, 0) is 24.0 Å². The van der Waals surface area contributed by atoms with Crippen LogP contribution in [0.3, 0.4) is 0 Å². The Kier molecular flexibility index (Phi) is 4.24. The Bertz CT molecular complexity index is 280. The minimum Gasteiger partial charge on any atom is -0.381 e. The van der Waals surface area contributed by atoms with E-state index in [1.165, 1.54) is 16.8 Å². The number of para-hydroxylation sites is 1. The molecule has 1 heteroatoms. The van der Waals surface area contributed by atoms with Crippen LogP contribution in [0.2, 0.25) is 0 Å². The maximum absolute atomic E-state index is 3.72. The molecule has 0 atom stereocenters. The Morgan fingerprint density at radius 2 is 1.79 bits per heavy atom. The maximum Gasteiger partial charge on any atom is 0.0407 e. The summed E-state index contributed by atoms with van der Waals surface area (Å²) in [6.45, 7) is 8.94. The molecule has 0 aromatic heterocycles. The lowest BCUT2D eigenvalue weighted by Crippen LogP contribution is -2.04. The standard InChI is InChI=1S/C13H19N/c1-4-10-14-13-11(5-2)8-7-9-12(13)6-3/h4,7-9,14H,1,5-6,10H2,2-3H3. The van der Waals surface area contributed by atoms with E-state index < -0.39 is 0 Å². The molecule has 1 aromatic carbocycles. The van der Waals surface area contributed by atoms with Crippen LogP contribution in [-0.4, -0.2) is 6.54 Å². The summed E-state index contributed by atoms with van der Waals surface area (Å²) in [5.41, 5.74) is 4.09. The number of hydrogen-bond acceptors (Lipinski definition) is 1. The zero-order valence-corrected chi connectivity index (χ0v) is 9.14. The lowest BCUT2D eigenvalue weighted by Gasteiger charge is -2.13. The van der Waals surface area contributed by atoms with E-state index in [4.69, 9.17) is 0 Å². The third kappa shape index (κ3) is 2.38. The second kappa shape index (κ2) is 5.48. The maximum atomic E-state index is 3.72. The fourth-order valence-corrected chi connectivity index (χ4v) is 1.64. The van der Waals surface area contributed by atoms with Gasteiger partial charge in [0.15, 0.2) is 0 Å². The fraction of sp³-hybridized carbons (Fsp3) is 0.385. The number of rotatable bonds is 5. The van der Waals surface area contributed by atoms with E-state index in [0.717, 1.165) is 19.4 Å². The van der Waals surface area contributed by atoms with Crippen LogP contribution in [0.25, 0.3) is 0 Å². The third-order valence-electron chi connectivity index (χ3n) is 2.42. The summed E-state index contributed by atoms with van der Waals surface area (Å²) in [6, 6.07) is 6.51. The van der Waals surface area contributed by atoms with Gasteiger partial charge in [0.25, 0.3) is 0 Å². The number of aryl methyl sites for hydroxylation is 2. The summed E-state index contributed by atoms with van der Waals surface area (Å²) in [6.07, 6.45) is 4.05. The van der Waals surface area contributed by atoms with Crippen molar-refractivity contribution in [3.05, 3.63) is 42.0 Å². The van der Waals surface area contributed by atoms with E-state index >= 15 is 0 Å². The molecule has 0 spiro atoms. The van der Waals surface area contributed by atoms with E-state index in [9.17, 15) is 0 Å². The summed E-state index contributed by atoms with van der Waals surface area (Å²) >= 11 is 0. The number of nitrogens with one attached hydrogen (secondary N) is 1. The van der Waals surface area contributed by atoms with Gasteiger partial charge in [-0.2, -0.15) is 0 Å². The van der Waals surface area contributed by atoms with E-state index in [2.05, 4.69) is 43.9 Å². The molecular weight excluding hydrogens is 170 g/mol. The highest BCUT2D eigenvalue weighted by molar-refractivity contribution is 5.58. The summed E-state index contributed by atoms with van der Waals surface area (Å²) in [7, 11) is 0. The molecule has 1 N–H and O–H groups in total. The highest BCUT2D eigenvalue weighted by Gasteiger charge is 2.03. The Labute approximate surface area is 86.8 Å². The van der Waals surface area contributed by atoms with Crippen molar-refractivity contribution in [2.24, 2.45) is 0 Å². The molecule has 0 heterocycles. The van der Waals surface area contributed by atoms with Gasteiger partial charge in [-0.15, -0.1) is 6.58 Å². The van der Waals surface area contributed by atoms with Gasteiger partial charge in [0.2, 0.25) is 0 Å². The number of benzene rings is 1. The molecule has 0 aliphatic rings. The van der Waals surface area contributed by atoms with E-state index in [1.54, 1.807) is 0 Å².